The maximum Gasteiger partial charge on any atom is 0.243 e. The number of nitrogens with zero attached hydrogens (tertiary/aromatic N) is 4. The number of piperidine rings is 1. The van der Waals surface area contributed by atoms with E-state index in [1.165, 1.54) is 12.8 Å². The van der Waals surface area contributed by atoms with Gasteiger partial charge in [-0.05, 0) is 43.9 Å². The topological polar surface area (TPSA) is 102 Å². The molecule has 1 aliphatic carbocycles. The quantitative estimate of drug-likeness (QED) is 0.474. The Labute approximate surface area is 197 Å². The van der Waals surface area contributed by atoms with Crippen LogP contribution in [0.2, 0.25) is 0 Å². The highest BCUT2D eigenvalue weighted by Crippen LogP contribution is 2.31. The lowest BCUT2D eigenvalue weighted by atomic mass is 10.2. The minimum atomic E-state index is -3.50. The Bertz CT molecular complexity index is 1030. The van der Waals surface area contributed by atoms with E-state index < -0.39 is 10.0 Å². The number of anilines is 4. The van der Waals surface area contributed by atoms with Gasteiger partial charge in [-0.2, -0.15) is 9.29 Å². The van der Waals surface area contributed by atoms with Gasteiger partial charge < -0.3 is 10.6 Å². The Hall–Kier alpha value is -2.43. The molecule has 0 atom stereocenters. The molecular formula is C23H35N7O2S. The summed E-state index contributed by atoms with van der Waals surface area (Å²) in [6, 6.07) is 7.29. The first-order valence-corrected chi connectivity index (χ1v) is 13.4. The van der Waals surface area contributed by atoms with Crippen LogP contribution in [0.25, 0.3) is 0 Å². The van der Waals surface area contributed by atoms with E-state index in [1.54, 1.807) is 28.7 Å². The summed E-state index contributed by atoms with van der Waals surface area (Å²) in [5.41, 5.74) is 4.95. The Morgan fingerprint density at radius 2 is 1.88 bits per heavy atom. The van der Waals surface area contributed by atoms with Gasteiger partial charge in [-0.1, -0.05) is 32.3 Å². The van der Waals surface area contributed by atoms with Crippen LogP contribution in [0.4, 0.5) is 23.1 Å². The fraction of sp³-hybridized carbons (Fsp3) is 0.565. The summed E-state index contributed by atoms with van der Waals surface area (Å²) in [5.74, 6) is 1.22. The summed E-state index contributed by atoms with van der Waals surface area (Å²) < 4.78 is 27.7. The largest absolute Gasteiger partial charge is 0.384 e. The Morgan fingerprint density at radius 1 is 1.12 bits per heavy atom. The van der Waals surface area contributed by atoms with E-state index in [9.17, 15) is 8.42 Å². The predicted molar refractivity (Wildman–Crippen MR) is 132 cm³/mol. The van der Waals surface area contributed by atoms with Gasteiger partial charge in [-0.3, -0.25) is 5.01 Å². The van der Waals surface area contributed by atoms with E-state index in [1.807, 2.05) is 13.1 Å². The van der Waals surface area contributed by atoms with E-state index in [0.717, 1.165) is 50.2 Å². The first kappa shape index (κ1) is 23.7. The predicted octanol–water partition coefficient (Wildman–Crippen LogP) is 3.71. The van der Waals surface area contributed by atoms with E-state index in [0.29, 0.717) is 35.7 Å². The molecule has 0 amide bonds. The lowest BCUT2D eigenvalue weighted by Crippen LogP contribution is -2.45. The molecule has 10 heteroatoms. The van der Waals surface area contributed by atoms with Crippen molar-refractivity contribution in [2.24, 2.45) is 0 Å². The molecular weight excluding hydrogens is 438 g/mol. The van der Waals surface area contributed by atoms with Crippen molar-refractivity contribution in [3.63, 3.8) is 0 Å². The fourth-order valence-electron chi connectivity index (χ4n) is 4.62. The SMILES string of the molecule is CCNN(c1nc(Nc2cccc(S(=O)(=O)N3CCCCC3)c2)ncc1NC)C1CCCC1. The van der Waals surface area contributed by atoms with Gasteiger partial charge in [0, 0.05) is 38.4 Å². The van der Waals surface area contributed by atoms with Gasteiger partial charge in [0.05, 0.1) is 16.8 Å². The van der Waals surface area contributed by atoms with Gasteiger partial charge in [-0.15, -0.1) is 0 Å². The van der Waals surface area contributed by atoms with Crippen molar-refractivity contribution in [3.05, 3.63) is 30.5 Å². The van der Waals surface area contributed by atoms with Gasteiger partial charge in [0.2, 0.25) is 16.0 Å². The Balaban J connectivity index is 1.59. The molecule has 0 bridgehead atoms. The summed E-state index contributed by atoms with van der Waals surface area (Å²) in [7, 11) is -1.64. The molecule has 1 aliphatic heterocycles. The first-order valence-electron chi connectivity index (χ1n) is 12.0. The lowest BCUT2D eigenvalue weighted by molar-refractivity contribution is 0.346. The molecule has 2 heterocycles. The first-order chi connectivity index (χ1) is 16.0. The second kappa shape index (κ2) is 10.7. The van der Waals surface area contributed by atoms with Gasteiger partial charge in [0.25, 0.3) is 0 Å². The van der Waals surface area contributed by atoms with E-state index in [2.05, 4.69) is 33.0 Å². The van der Waals surface area contributed by atoms with E-state index >= 15 is 0 Å². The van der Waals surface area contributed by atoms with Gasteiger partial charge in [-0.25, -0.2) is 18.8 Å². The molecule has 2 aromatic rings. The van der Waals surface area contributed by atoms with Crippen LogP contribution < -0.4 is 21.1 Å². The molecule has 0 unspecified atom stereocenters. The number of sulfonamides is 1. The molecule has 180 valence electrons. The van der Waals surface area contributed by atoms with Crippen LogP contribution in [0, 0.1) is 0 Å². The maximum absolute atomic E-state index is 13.1. The van der Waals surface area contributed by atoms with Crippen molar-refractivity contribution in [1.82, 2.24) is 19.7 Å². The summed E-state index contributed by atoms with van der Waals surface area (Å²) in [5, 5.41) is 8.56. The molecule has 2 aliphatic rings. The number of aromatic nitrogens is 2. The molecule has 9 nitrogen and oxygen atoms in total. The molecule has 2 fully saturated rings. The average molecular weight is 474 g/mol. The van der Waals surface area contributed by atoms with Crippen LogP contribution in [0.15, 0.2) is 35.4 Å². The standard InChI is InChI=1S/C23H35N7O2S/c1-3-26-30(19-11-5-6-12-19)22-21(24-2)17-25-23(28-22)27-18-10-9-13-20(16-18)33(31,32)29-14-7-4-8-15-29/h9-10,13,16-17,19,24,26H,3-8,11-12,14-15H2,1-2H3,(H,25,27,28). The van der Waals surface area contributed by atoms with Crippen molar-refractivity contribution in [3.8, 4) is 0 Å². The number of hydrogen-bond acceptors (Lipinski definition) is 8. The summed E-state index contributed by atoms with van der Waals surface area (Å²) in [6.07, 6.45) is 9.35. The van der Waals surface area contributed by atoms with Crippen LogP contribution in [-0.4, -0.2) is 55.4 Å². The summed E-state index contributed by atoms with van der Waals surface area (Å²) in [4.78, 5) is 9.55. The molecule has 0 radical (unpaired) electrons. The smallest absolute Gasteiger partial charge is 0.243 e. The zero-order chi connectivity index (χ0) is 23.3. The Morgan fingerprint density at radius 3 is 2.58 bits per heavy atom. The van der Waals surface area contributed by atoms with Gasteiger partial charge >= 0.3 is 0 Å². The number of benzene rings is 1. The second-order valence-corrected chi connectivity index (χ2v) is 10.6. The van der Waals surface area contributed by atoms with Crippen molar-refractivity contribution in [1.29, 1.82) is 0 Å². The van der Waals surface area contributed by atoms with Gasteiger partial charge in [0.15, 0.2) is 5.82 Å². The minimum Gasteiger partial charge on any atom is -0.384 e. The Kier molecular flexibility index (Phi) is 7.67. The van der Waals surface area contributed by atoms with E-state index in [-0.39, 0.29) is 0 Å². The van der Waals surface area contributed by atoms with Gasteiger partial charge in [0.1, 0.15) is 0 Å². The lowest BCUT2D eigenvalue weighted by Gasteiger charge is -2.31. The molecule has 1 saturated heterocycles. The minimum absolute atomic E-state index is 0.293. The fourth-order valence-corrected chi connectivity index (χ4v) is 6.18. The van der Waals surface area contributed by atoms with Crippen molar-refractivity contribution in [2.45, 2.75) is 62.8 Å². The number of hydrogen-bond donors (Lipinski definition) is 3. The number of rotatable bonds is 9. The number of nitrogens with one attached hydrogen (secondary N) is 3. The van der Waals surface area contributed by atoms with Crippen molar-refractivity contribution < 1.29 is 8.42 Å². The third-order valence-corrected chi connectivity index (χ3v) is 8.22. The zero-order valence-electron chi connectivity index (χ0n) is 19.5. The highest BCUT2D eigenvalue weighted by molar-refractivity contribution is 7.89. The van der Waals surface area contributed by atoms with Crippen LogP contribution >= 0.6 is 0 Å². The summed E-state index contributed by atoms with van der Waals surface area (Å²) in [6.45, 7) is 4.04. The van der Waals surface area contributed by atoms with E-state index in [4.69, 9.17) is 4.98 Å². The number of hydrazine groups is 1. The van der Waals surface area contributed by atoms with Crippen LogP contribution in [0.1, 0.15) is 51.9 Å². The maximum atomic E-state index is 13.1. The van der Waals surface area contributed by atoms with Crippen LogP contribution in [0.3, 0.4) is 0 Å². The third kappa shape index (κ3) is 5.39. The third-order valence-electron chi connectivity index (χ3n) is 6.33. The highest BCUT2D eigenvalue weighted by Gasteiger charge is 2.27. The van der Waals surface area contributed by atoms with Crippen LogP contribution in [0.5, 0.6) is 0 Å². The molecule has 3 N–H and O–H groups in total. The molecule has 33 heavy (non-hydrogen) atoms. The zero-order valence-corrected chi connectivity index (χ0v) is 20.4. The molecule has 0 spiro atoms. The van der Waals surface area contributed by atoms with Crippen molar-refractivity contribution >= 4 is 33.2 Å². The average Bonchev–Trinajstić information content (AvgIpc) is 3.38. The van der Waals surface area contributed by atoms with Crippen LogP contribution in [-0.2, 0) is 10.0 Å². The molecule has 1 saturated carbocycles. The normalized spacial score (nSPS) is 17.8. The summed E-state index contributed by atoms with van der Waals surface area (Å²) >= 11 is 0. The monoisotopic (exact) mass is 473 g/mol. The molecule has 1 aromatic carbocycles. The second-order valence-electron chi connectivity index (χ2n) is 8.62. The molecule has 4 rings (SSSR count). The molecule has 1 aromatic heterocycles. The van der Waals surface area contributed by atoms with Crippen molar-refractivity contribution in [2.75, 3.05) is 42.3 Å². The highest BCUT2D eigenvalue weighted by atomic mass is 32.2.